The smallest absolute Gasteiger partial charge is 0.309 e. The van der Waals surface area contributed by atoms with Gasteiger partial charge in [0.25, 0.3) is 0 Å². The molecule has 3 rings (SSSR count). The fourth-order valence-electron chi connectivity index (χ4n) is 2.57. The lowest BCUT2D eigenvalue weighted by atomic mass is 10.1. The lowest BCUT2D eigenvalue weighted by Gasteiger charge is -2.16. The molecule has 0 radical (unpaired) electrons. The van der Waals surface area contributed by atoms with Crippen LogP contribution in [-0.2, 0) is 6.18 Å². The van der Waals surface area contributed by atoms with Crippen LogP contribution in [-0.4, -0.2) is 16.1 Å². The van der Waals surface area contributed by atoms with Crippen LogP contribution in [0.1, 0.15) is 30.1 Å². The van der Waals surface area contributed by atoms with Gasteiger partial charge in [-0.25, -0.2) is 4.98 Å². The van der Waals surface area contributed by atoms with Crippen molar-refractivity contribution in [3.63, 3.8) is 0 Å². The second kappa shape index (κ2) is 5.35. The zero-order valence-corrected chi connectivity index (χ0v) is 11.7. The van der Waals surface area contributed by atoms with Crippen LogP contribution in [0.25, 0.3) is 5.69 Å². The zero-order chi connectivity index (χ0) is 15.0. The molecule has 1 aliphatic heterocycles. The van der Waals surface area contributed by atoms with Crippen LogP contribution in [0.15, 0.2) is 30.7 Å². The molecule has 2 aromatic rings. The number of nitrogens with one attached hydrogen (secondary N) is 1. The number of rotatable bonds is 2. The molecule has 1 atom stereocenters. The van der Waals surface area contributed by atoms with Gasteiger partial charge < -0.3 is 9.88 Å². The fourth-order valence-corrected chi connectivity index (χ4v) is 2.78. The molecule has 0 bridgehead atoms. The summed E-state index contributed by atoms with van der Waals surface area (Å²) in [7, 11) is 0. The van der Waals surface area contributed by atoms with Gasteiger partial charge in [0.2, 0.25) is 0 Å². The molecule has 112 valence electrons. The van der Waals surface area contributed by atoms with E-state index in [9.17, 15) is 13.2 Å². The molecule has 0 aliphatic carbocycles. The van der Waals surface area contributed by atoms with Crippen molar-refractivity contribution in [2.45, 2.75) is 25.1 Å². The van der Waals surface area contributed by atoms with Gasteiger partial charge >= 0.3 is 6.18 Å². The molecule has 7 heteroatoms. The second-order valence-electron chi connectivity index (χ2n) is 5.00. The van der Waals surface area contributed by atoms with E-state index >= 15 is 0 Å². The largest absolute Gasteiger partial charge is 0.416 e. The monoisotopic (exact) mass is 315 g/mol. The summed E-state index contributed by atoms with van der Waals surface area (Å²) < 4.78 is 40.2. The number of hydrogen-bond donors (Lipinski definition) is 1. The van der Waals surface area contributed by atoms with E-state index in [-0.39, 0.29) is 11.1 Å². The summed E-state index contributed by atoms with van der Waals surface area (Å²) in [4.78, 5) is 4.06. The lowest BCUT2D eigenvalue weighted by molar-refractivity contribution is -0.137. The van der Waals surface area contributed by atoms with Crippen LogP contribution in [0.2, 0.25) is 5.02 Å². The molecular formula is C14H13ClF3N3. The maximum Gasteiger partial charge on any atom is 0.416 e. The lowest BCUT2D eigenvalue weighted by Crippen LogP contribution is -2.16. The van der Waals surface area contributed by atoms with Gasteiger partial charge in [-0.2, -0.15) is 13.2 Å². The third-order valence-corrected chi connectivity index (χ3v) is 3.94. The van der Waals surface area contributed by atoms with Crippen molar-refractivity contribution in [2.24, 2.45) is 0 Å². The van der Waals surface area contributed by atoms with Gasteiger partial charge in [-0.3, -0.25) is 0 Å². The maximum atomic E-state index is 12.9. The molecule has 0 saturated carbocycles. The Kier molecular flexibility index (Phi) is 3.67. The predicted octanol–water partition coefficient (Wildman–Crippen LogP) is 3.97. The minimum atomic E-state index is -4.40. The van der Waals surface area contributed by atoms with E-state index in [1.807, 2.05) is 0 Å². The van der Waals surface area contributed by atoms with Crippen molar-refractivity contribution in [3.8, 4) is 5.69 Å². The van der Waals surface area contributed by atoms with Crippen LogP contribution >= 0.6 is 11.6 Å². The number of hydrogen-bond acceptors (Lipinski definition) is 2. The van der Waals surface area contributed by atoms with Crippen molar-refractivity contribution in [1.29, 1.82) is 0 Å². The standard InChI is InChI=1S/C14H13ClF3N3/c15-10-4-3-9(14(16,17)18)6-12(10)21-8-19-7-13(21)11-2-1-5-20-11/h3-4,6-8,11,20H,1-2,5H2. The van der Waals surface area contributed by atoms with Gasteiger partial charge in [0.1, 0.15) is 0 Å². The van der Waals surface area contributed by atoms with Crippen LogP contribution < -0.4 is 5.32 Å². The Bertz CT molecular complexity index is 645. The van der Waals surface area contributed by atoms with Crippen molar-refractivity contribution in [2.75, 3.05) is 6.54 Å². The van der Waals surface area contributed by atoms with Crippen LogP contribution in [0.5, 0.6) is 0 Å². The second-order valence-corrected chi connectivity index (χ2v) is 5.41. The molecule has 1 fully saturated rings. The van der Waals surface area contributed by atoms with E-state index in [0.29, 0.717) is 5.69 Å². The van der Waals surface area contributed by atoms with Crippen LogP contribution in [0.4, 0.5) is 13.2 Å². The summed E-state index contributed by atoms with van der Waals surface area (Å²) in [5.41, 5.74) is 0.405. The number of halogens is 4. The van der Waals surface area contributed by atoms with Crippen molar-refractivity contribution < 1.29 is 13.2 Å². The molecule has 1 N–H and O–H groups in total. The summed E-state index contributed by atoms with van der Waals surface area (Å²) in [6.07, 6.45) is 0.733. The van der Waals surface area contributed by atoms with E-state index in [2.05, 4.69) is 10.3 Å². The topological polar surface area (TPSA) is 29.9 Å². The Morgan fingerprint density at radius 3 is 2.81 bits per heavy atom. The van der Waals surface area contributed by atoms with Gasteiger partial charge in [0, 0.05) is 6.04 Å². The molecule has 0 amide bonds. The van der Waals surface area contributed by atoms with E-state index in [1.54, 1.807) is 10.8 Å². The van der Waals surface area contributed by atoms with Gasteiger partial charge in [-0.15, -0.1) is 0 Å². The van der Waals surface area contributed by atoms with E-state index < -0.39 is 11.7 Å². The summed E-state index contributed by atoms with van der Waals surface area (Å²) >= 11 is 6.08. The number of imidazole rings is 1. The molecule has 21 heavy (non-hydrogen) atoms. The molecule has 3 nitrogen and oxygen atoms in total. The molecule has 1 unspecified atom stereocenters. The SMILES string of the molecule is FC(F)(F)c1ccc(Cl)c(-n2cncc2C2CCCN2)c1. The van der Waals surface area contributed by atoms with E-state index in [1.165, 1.54) is 12.4 Å². The molecule has 2 heterocycles. The zero-order valence-electron chi connectivity index (χ0n) is 11.0. The molecule has 0 spiro atoms. The highest BCUT2D eigenvalue weighted by Gasteiger charge is 2.31. The van der Waals surface area contributed by atoms with Crippen molar-refractivity contribution in [1.82, 2.24) is 14.9 Å². The molecule has 1 aromatic heterocycles. The number of aromatic nitrogens is 2. The first-order chi connectivity index (χ1) is 9.97. The average molecular weight is 316 g/mol. The number of nitrogens with zero attached hydrogens (tertiary/aromatic N) is 2. The highest BCUT2D eigenvalue weighted by Crippen LogP contribution is 2.34. The fraction of sp³-hybridized carbons (Fsp3) is 0.357. The molecular weight excluding hydrogens is 303 g/mol. The first-order valence-corrected chi connectivity index (χ1v) is 6.97. The first-order valence-electron chi connectivity index (χ1n) is 6.59. The van der Waals surface area contributed by atoms with Crippen molar-refractivity contribution in [3.05, 3.63) is 47.0 Å². The number of alkyl halides is 3. The Morgan fingerprint density at radius 1 is 1.33 bits per heavy atom. The highest BCUT2D eigenvalue weighted by molar-refractivity contribution is 6.32. The molecule has 1 aliphatic rings. The van der Waals surface area contributed by atoms with Crippen molar-refractivity contribution >= 4 is 11.6 Å². The predicted molar refractivity (Wildman–Crippen MR) is 73.6 cm³/mol. The highest BCUT2D eigenvalue weighted by atomic mass is 35.5. The third-order valence-electron chi connectivity index (χ3n) is 3.62. The Labute approximate surface area is 124 Å². The van der Waals surface area contributed by atoms with Gasteiger partial charge in [-0.1, -0.05) is 11.6 Å². The molecule has 1 aromatic carbocycles. The number of benzene rings is 1. The van der Waals surface area contributed by atoms with E-state index in [4.69, 9.17) is 11.6 Å². The summed E-state index contributed by atoms with van der Waals surface area (Å²) in [5, 5.41) is 3.57. The molecule has 1 saturated heterocycles. The average Bonchev–Trinajstić information content (AvgIpc) is 3.08. The van der Waals surface area contributed by atoms with Crippen LogP contribution in [0, 0.1) is 0 Å². The van der Waals surface area contributed by atoms with Gasteiger partial charge in [0.15, 0.2) is 0 Å². The van der Waals surface area contributed by atoms with Gasteiger partial charge in [-0.05, 0) is 37.6 Å². The van der Waals surface area contributed by atoms with E-state index in [0.717, 1.165) is 37.2 Å². The summed E-state index contributed by atoms with van der Waals surface area (Å²) in [6, 6.07) is 3.41. The first kappa shape index (κ1) is 14.4. The summed E-state index contributed by atoms with van der Waals surface area (Å²) in [5.74, 6) is 0. The van der Waals surface area contributed by atoms with Gasteiger partial charge in [0.05, 0.1) is 34.5 Å². The maximum absolute atomic E-state index is 12.9. The third kappa shape index (κ3) is 2.78. The van der Waals surface area contributed by atoms with Crippen LogP contribution in [0.3, 0.4) is 0 Å². The normalized spacial score (nSPS) is 19.1. The Hall–Kier alpha value is -1.53. The Balaban J connectivity index is 2.06. The Morgan fingerprint density at radius 2 is 2.14 bits per heavy atom. The minimum absolute atomic E-state index is 0.0955. The quantitative estimate of drug-likeness (QED) is 0.909. The summed E-state index contributed by atoms with van der Waals surface area (Å²) in [6.45, 7) is 0.895. The minimum Gasteiger partial charge on any atom is -0.309 e.